The Labute approximate surface area is 240 Å². The third kappa shape index (κ3) is 7.74. The highest BCUT2D eigenvalue weighted by atomic mass is 16.5. The predicted octanol–water partition coefficient (Wildman–Crippen LogP) is 7.62. The van der Waals surface area contributed by atoms with E-state index in [1.165, 1.54) is 51.8 Å². The average Bonchev–Trinajstić information content (AvgIpc) is 3.26. The van der Waals surface area contributed by atoms with Gasteiger partial charge in [0.1, 0.15) is 5.75 Å². The van der Waals surface area contributed by atoms with Crippen molar-refractivity contribution in [3.63, 3.8) is 0 Å². The summed E-state index contributed by atoms with van der Waals surface area (Å²) in [4.78, 5) is 13.3. The number of carbonyl (C=O) groups is 1. The molecule has 0 unspecified atom stereocenters. The first-order chi connectivity index (χ1) is 19.3. The maximum absolute atomic E-state index is 10.6. The fraction of sp³-hybridized carbons (Fsp3) is 0.457. The van der Waals surface area contributed by atoms with Crippen LogP contribution in [0, 0.1) is 13.8 Å². The third-order valence-corrected chi connectivity index (χ3v) is 8.45. The molecule has 4 rings (SSSR count). The molecular formula is C35H46N2O3. The van der Waals surface area contributed by atoms with E-state index >= 15 is 0 Å². The summed E-state index contributed by atoms with van der Waals surface area (Å²) in [6.45, 7) is 12.5. The van der Waals surface area contributed by atoms with Crippen LogP contribution in [0.25, 0.3) is 22.3 Å². The highest BCUT2D eigenvalue weighted by Crippen LogP contribution is 2.36. The van der Waals surface area contributed by atoms with Gasteiger partial charge in [0.25, 0.3) is 0 Å². The Morgan fingerprint density at radius 1 is 0.875 bits per heavy atom. The van der Waals surface area contributed by atoms with Crippen LogP contribution in [0.5, 0.6) is 5.75 Å². The normalized spacial score (nSPS) is 17.3. The number of hydrogen-bond acceptors (Lipinski definition) is 4. The van der Waals surface area contributed by atoms with Gasteiger partial charge in [-0.1, -0.05) is 54.6 Å². The van der Waals surface area contributed by atoms with Crippen LogP contribution in [-0.2, 0) is 11.3 Å². The SMILES string of the molecule is Cc1c(OCCCN2[C@H](C)CC[C@H]2C)cccc1-c1cccc(-c2ccc(CNCCCCC(=O)O)cc2)c1C. The summed E-state index contributed by atoms with van der Waals surface area (Å²) in [6, 6.07) is 23.1. The maximum atomic E-state index is 10.6. The lowest BCUT2D eigenvalue weighted by molar-refractivity contribution is -0.137. The van der Waals surface area contributed by atoms with E-state index in [-0.39, 0.29) is 6.42 Å². The summed E-state index contributed by atoms with van der Waals surface area (Å²) in [5.74, 6) is 0.253. The molecule has 1 heterocycles. The van der Waals surface area contributed by atoms with E-state index in [0.717, 1.165) is 44.8 Å². The summed E-state index contributed by atoms with van der Waals surface area (Å²) in [5, 5.41) is 12.2. The molecule has 3 aromatic rings. The van der Waals surface area contributed by atoms with Gasteiger partial charge < -0.3 is 15.2 Å². The average molecular weight is 543 g/mol. The van der Waals surface area contributed by atoms with Crippen molar-refractivity contribution in [3.8, 4) is 28.0 Å². The van der Waals surface area contributed by atoms with Crippen molar-refractivity contribution in [2.75, 3.05) is 19.7 Å². The fourth-order valence-corrected chi connectivity index (χ4v) is 5.98. The van der Waals surface area contributed by atoms with E-state index in [9.17, 15) is 4.79 Å². The Kier molecular flexibility index (Phi) is 10.8. The van der Waals surface area contributed by atoms with Crippen molar-refractivity contribution in [1.29, 1.82) is 0 Å². The van der Waals surface area contributed by atoms with Crippen LogP contribution >= 0.6 is 0 Å². The lowest BCUT2D eigenvalue weighted by atomic mass is 9.90. The molecule has 1 aliphatic heterocycles. The number of carboxylic acid groups (broad SMARTS) is 1. The fourth-order valence-electron chi connectivity index (χ4n) is 5.98. The van der Waals surface area contributed by atoms with Crippen molar-refractivity contribution < 1.29 is 14.6 Å². The molecule has 1 saturated heterocycles. The molecule has 1 aliphatic rings. The van der Waals surface area contributed by atoms with Crippen LogP contribution in [0.4, 0.5) is 0 Å². The van der Waals surface area contributed by atoms with Gasteiger partial charge in [-0.05, 0) is 111 Å². The highest BCUT2D eigenvalue weighted by Gasteiger charge is 2.26. The minimum absolute atomic E-state index is 0.239. The Morgan fingerprint density at radius 2 is 1.52 bits per heavy atom. The van der Waals surface area contributed by atoms with Crippen LogP contribution in [0.3, 0.4) is 0 Å². The van der Waals surface area contributed by atoms with Gasteiger partial charge in [0.05, 0.1) is 6.61 Å². The van der Waals surface area contributed by atoms with E-state index < -0.39 is 5.97 Å². The second kappa shape index (κ2) is 14.5. The molecule has 0 saturated carbocycles. The van der Waals surface area contributed by atoms with E-state index in [0.29, 0.717) is 18.5 Å². The molecule has 0 aromatic heterocycles. The lowest BCUT2D eigenvalue weighted by Crippen LogP contribution is -2.34. The number of carboxylic acids is 1. The number of nitrogens with one attached hydrogen (secondary N) is 1. The number of hydrogen-bond donors (Lipinski definition) is 2. The van der Waals surface area contributed by atoms with Crippen molar-refractivity contribution in [3.05, 3.63) is 77.4 Å². The molecular weight excluding hydrogens is 496 g/mol. The van der Waals surface area contributed by atoms with Crippen molar-refractivity contribution in [2.45, 2.75) is 84.8 Å². The zero-order chi connectivity index (χ0) is 28.5. The zero-order valence-corrected chi connectivity index (χ0v) is 24.7. The number of ether oxygens (including phenoxy) is 1. The molecule has 0 aliphatic carbocycles. The molecule has 5 heteroatoms. The molecule has 0 spiro atoms. The largest absolute Gasteiger partial charge is 0.493 e. The number of aliphatic carboxylic acids is 1. The number of nitrogens with zero attached hydrogens (tertiary/aromatic N) is 1. The molecule has 2 atom stereocenters. The van der Waals surface area contributed by atoms with Crippen molar-refractivity contribution in [1.82, 2.24) is 10.2 Å². The van der Waals surface area contributed by atoms with Gasteiger partial charge in [0.15, 0.2) is 0 Å². The standard InChI is InChI=1S/C35H46N2O3/c1-25-15-16-26(2)37(25)22-9-23-40-34-13-8-12-33(28(34)4)32-11-7-10-31(27(32)3)30-19-17-29(18-20-30)24-36-21-6-5-14-35(38)39/h7-8,10-13,17-20,25-26,36H,5-6,9,14-16,21-24H2,1-4H3,(H,38,39)/t25-,26-/m1/s1. The summed E-state index contributed by atoms with van der Waals surface area (Å²) >= 11 is 0. The second-order valence-corrected chi connectivity index (χ2v) is 11.3. The molecule has 1 fully saturated rings. The van der Waals surface area contributed by atoms with E-state index in [4.69, 9.17) is 9.84 Å². The molecule has 214 valence electrons. The van der Waals surface area contributed by atoms with Gasteiger partial charge in [0.2, 0.25) is 0 Å². The maximum Gasteiger partial charge on any atom is 0.303 e. The second-order valence-electron chi connectivity index (χ2n) is 11.3. The first kappa shape index (κ1) is 29.8. The van der Waals surface area contributed by atoms with Crippen LogP contribution in [-0.4, -0.2) is 47.8 Å². The topological polar surface area (TPSA) is 61.8 Å². The van der Waals surface area contributed by atoms with Gasteiger partial charge in [-0.25, -0.2) is 0 Å². The Balaban J connectivity index is 1.38. The van der Waals surface area contributed by atoms with E-state index in [1.54, 1.807) is 0 Å². The third-order valence-electron chi connectivity index (χ3n) is 8.45. The number of rotatable bonds is 14. The molecule has 40 heavy (non-hydrogen) atoms. The monoisotopic (exact) mass is 542 g/mol. The lowest BCUT2D eigenvalue weighted by Gasteiger charge is -2.25. The molecule has 3 aromatic carbocycles. The minimum atomic E-state index is -0.723. The van der Waals surface area contributed by atoms with Crippen molar-refractivity contribution in [2.24, 2.45) is 0 Å². The Hall–Kier alpha value is -3.15. The summed E-state index contributed by atoms with van der Waals surface area (Å²) < 4.78 is 6.30. The van der Waals surface area contributed by atoms with Crippen LogP contribution in [0.2, 0.25) is 0 Å². The van der Waals surface area contributed by atoms with Gasteiger partial charge >= 0.3 is 5.97 Å². The van der Waals surface area contributed by atoms with Gasteiger partial charge in [-0.2, -0.15) is 0 Å². The molecule has 0 amide bonds. The van der Waals surface area contributed by atoms with Crippen LogP contribution < -0.4 is 10.1 Å². The quantitative estimate of drug-likeness (QED) is 0.205. The Bertz CT molecular complexity index is 1240. The Morgan fingerprint density at radius 3 is 2.23 bits per heavy atom. The van der Waals surface area contributed by atoms with E-state index in [1.807, 2.05) is 0 Å². The molecule has 2 N–H and O–H groups in total. The van der Waals surface area contributed by atoms with Crippen LogP contribution in [0.1, 0.15) is 69.1 Å². The number of likely N-dealkylation sites (tertiary alicyclic amines) is 1. The first-order valence-corrected chi connectivity index (χ1v) is 14.9. The molecule has 0 bridgehead atoms. The number of benzene rings is 3. The summed E-state index contributed by atoms with van der Waals surface area (Å²) in [7, 11) is 0. The van der Waals surface area contributed by atoms with Crippen LogP contribution in [0.15, 0.2) is 60.7 Å². The smallest absolute Gasteiger partial charge is 0.303 e. The molecule has 5 nitrogen and oxygen atoms in total. The zero-order valence-electron chi connectivity index (χ0n) is 24.7. The predicted molar refractivity (Wildman–Crippen MR) is 165 cm³/mol. The summed E-state index contributed by atoms with van der Waals surface area (Å²) in [5.41, 5.74) is 8.60. The van der Waals surface area contributed by atoms with E-state index in [2.05, 4.69) is 98.6 Å². The van der Waals surface area contributed by atoms with Crippen molar-refractivity contribution >= 4 is 5.97 Å². The first-order valence-electron chi connectivity index (χ1n) is 14.9. The van der Waals surface area contributed by atoms with Gasteiger partial charge in [-0.15, -0.1) is 0 Å². The van der Waals surface area contributed by atoms with Gasteiger partial charge in [0, 0.05) is 31.6 Å². The highest BCUT2D eigenvalue weighted by molar-refractivity contribution is 5.80. The van der Waals surface area contributed by atoms with Gasteiger partial charge in [-0.3, -0.25) is 9.69 Å². The number of unbranched alkanes of at least 4 members (excludes halogenated alkanes) is 1. The summed E-state index contributed by atoms with van der Waals surface area (Å²) in [6.07, 6.45) is 5.48. The molecule has 0 radical (unpaired) electrons. The minimum Gasteiger partial charge on any atom is -0.493 e.